The second-order valence-electron chi connectivity index (χ2n) is 5.18. The van der Waals surface area contributed by atoms with Gasteiger partial charge in [-0.15, -0.1) is 11.3 Å². The fourth-order valence-corrected chi connectivity index (χ4v) is 3.09. The van der Waals surface area contributed by atoms with E-state index in [9.17, 15) is 8.78 Å². The maximum absolute atomic E-state index is 13.8. The quantitative estimate of drug-likeness (QED) is 0.839. The Morgan fingerprint density at radius 1 is 1.29 bits per heavy atom. The van der Waals surface area contributed by atoms with E-state index in [2.05, 4.69) is 17.2 Å². The van der Waals surface area contributed by atoms with Gasteiger partial charge in [-0.2, -0.15) is 0 Å². The molecule has 1 aromatic heterocycles. The molecule has 0 aliphatic carbocycles. The molecule has 0 bridgehead atoms. The minimum Gasteiger partial charge on any atom is -0.313 e. The summed E-state index contributed by atoms with van der Waals surface area (Å²) >= 11 is 1.61. The second kappa shape index (κ2) is 7.61. The Bertz CT molecular complexity index is 583. The van der Waals surface area contributed by atoms with Crippen molar-refractivity contribution in [1.29, 1.82) is 0 Å². The van der Waals surface area contributed by atoms with Crippen molar-refractivity contribution >= 4 is 11.3 Å². The number of halogens is 2. The Hall–Kier alpha value is -1.33. The van der Waals surface area contributed by atoms with Gasteiger partial charge in [0, 0.05) is 23.5 Å². The molecule has 21 heavy (non-hydrogen) atoms. The molecule has 0 aliphatic rings. The highest BCUT2D eigenvalue weighted by atomic mass is 32.1. The topological polar surface area (TPSA) is 24.9 Å². The molecule has 1 aromatic carbocycles. The highest BCUT2D eigenvalue weighted by Crippen LogP contribution is 2.16. The second-order valence-corrected chi connectivity index (χ2v) is 6.12. The van der Waals surface area contributed by atoms with Crippen LogP contribution in [0.25, 0.3) is 0 Å². The van der Waals surface area contributed by atoms with Crippen molar-refractivity contribution in [3.63, 3.8) is 0 Å². The maximum atomic E-state index is 13.8. The average Bonchev–Trinajstić information content (AvgIpc) is 2.85. The number of benzene rings is 1. The number of hydrogen-bond donors (Lipinski definition) is 1. The molecule has 5 heteroatoms. The van der Waals surface area contributed by atoms with Gasteiger partial charge in [-0.05, 0) is 50.1 Å². The van der Waals surface area contributed by atoms with E-state index in [1.54, 1.807) is 11.3 Å². The fourth-order valence-electron chi connectivity index (χ4n) is 2.24. The predicted octanol–water partition coefficient (Wildman–Crippen LogP) is 3.88. The Morgan fingerprint density at radius 2 is 2.10 bits per heavy atom. The van der Waals surface area contributed by atoms with Crippen molar-refractivity contribution in [3.05, 3.63) is 51.5 Å². The number of nitrogens with one attached hydrogen (secondary N) is 1. The predicted molar refractivity (Wildman–Crippen MR) is 82.7 cm³/mol. The number of aromatic nitrogens is 1. The molecule has 0 radical (unpaired) electrons. The Labute approximate surface area is 128 Å². The molecule has 1 atom stereocenters. The van der Waals surface area contributed by atoms with Gasteiger partial charge in [0.1, 0.15) is 11.6 Å². The van der Waals surface area contributed by atoms with Gasteiger partial charge in [-0.3, -0.25) is 0 Å². The molecule has 114 valence electrons. The van der Waals surface area contributed by atoms with Gasteiger partial charge >= 0.3 is 0 Å². The molecule has 0 fully saturated rings. The van der Waals surface area contributed by atoms with Gasteiger partial charge in [0.15, 0.2) is 0 Å². The number of aryl methyl sites for hydroxylation is 1. The van der Waals surface area contributed by atoms with E-state index in [0.29, 0.717) is 12.0 Å². The summed E-state index contributed by atoms with van der Waals surface area (Å²) in [4.78, 5) is 4.45. The van der Waals surface area contributed by atoms with Gasteiger partial charge in [0.05, 0.1) is 5.01 Å². The van der Waals surface area contributed by atoms with Crippen LogP contribution < -0.4 is 5.32 Å². The molecule has 2 rings (SSSR count). The zero-order valence-corrected chi connectivity index (χ0v) is 13.1. The van der Waals surface area contributed by atoms with E-state index in [4.69, 9.17) is 0 Å². The summed E-state index contributed by atoms with van der Waals surface area (Å²) in [6.07, 6.45) is 2.19. The van der Waals surface area contributed by atoms with E-state index in [0.717, 1.165) is 36.2 Å². The summed E-state index contributed by atoms with van der Waals surface area (Å²) in [5.41, 5.74) is 1.41. The van der Waals surface area contributed by atoms with Gasteiger partial charge < -0.3 is 5.32 Å². The van der Waals surface area contributed by atoms with Crippen LogP contribution in [0, 0.1) is 18.6 Å². The van der Waals surface area contributed by atoms with Crippen LogP contribution in [0.4, 0.5) is 8.78 Å². The van der Waals surface area contributed by atoms with Crippen molar-refractivity contribution in [2.45, 2.75) is 39.2 Å². The van der Waals surface area contributed by atoms with Gasteiger partial charge in [0.2, 0.25) is 0 Å². The van der Waals surface area contributed by atoms with Gasteiger partial charge in [-0.25, -0.2) is 13.8 Å². The molecule has 0 spiro atoms. The number of hydrogen-bond acceptors (Lipinski definition) is 3. The van der Waals surface area contributed by atoms with E-state index >= 15 is 0 Å². The lowest BCUT2D eigenvalue weighted by atomic mass is 10.0. The number of rotatable bonds is 7. The average molecular weight is 310 g/mol. The molecule has 2 aromatic rings. The van der Waals surface area contributed by atoms with Crippen LogP contribution in [-0.2, 0) is 12.8 Å². The summed E-state index contributed by atoms with van der Waals surface area (Å²) in [7, 11) is 0. The first kappa shape index (κ1) is 16.0. The molecule has 0 aliphatic heterocycles. The first-order valence-corrected chi connectivity index (χ1v) is 8.04. The summed E-state index contributed by atoms with van der Waals surface area (Å²) in [5.74, 6) is -0.749. The summed E-state index contributed by atoms with van der Waals surface area (Å²) in [5, 5.41) is 6.43. The lowest BCUT2D eigenvalue weighted by Crippen LogP contribution is -2.34. The third-order valence-electron chi connectivity index (χ3n) is 3.24. The van der Waals surface area contributed by atoms with Crippen LogP contribution in [0.1, 0.15) is 29.6 Å². The van der Waals surface area contributed by atoms with Crippen molar-refractivity contribution in [3.8, 4) is 0 Å². The monoisotopic (exact) mass is 310 g/mol. The minimum atomic E-state index is -0.397. The van der Waals surface area contributed by atoms with Crippen LogP contribution >= 0.6 is 11.3 Å². The minimum absolute atomic E-state index is 0.0619. The van der Waals surface area contributed by atoms with E-state index in [-0.39, 0.29) is 11.9 Å². The maximum Gasteiger partial charge on any atom is 0.126 e. The molecule has 1 N–H and O–H groups in total. The summed E-state index contributed by atoms with van der Waals surface area (Å²) < 4.78 is 27.1. The van der Waals surface area contributed by atoms with Crippen molar-refractivity contribution < 1.29 is 8.78 Å². The summed E-state index contributed by atoms with van der Waals surface area (Å²) in [6, 6.07) is 3.68. The third kappa shape index (κ3) is 4.86. The standard InChI is InChI=1S/C16H20F2N2S/c1-3-6-19-14(9-16-20-11(2)10-21-16)8-12-7-13(17)4-5-15(12)18/h4-5,7,10,14,19H,3,6,8-9H2,1-2H3. The SMILES string of the molecule is CCCNC(Cc1nc(C)cs1)Cc1cc(F)ccc1F. The lowest BCUT2D eigenvalue weighted by molar-refractivity contribution is 0.488. The highest BCUT2D eigenvalue weighted by molar-refractivity contribution is 7.09. The summed E-state index contributed by atoms with van der Waals surface area (Å²) in [6.45, 7) is 4.90. The fraction of sp³-hybridized carbons (Fsp3) is 0.438. The van der Waals surface area contributed by atoms with Crippen LogP contribution in [-0.4, -0.2) is 17.6 Å². The van der Waals surface area contributed by atoms with Crippen LogP contribution in [0.2, 0.25) is 0 Å². The first-order chi connectivity index (χ1) is 10.1. The highest BCUT2D eigenvalue weighted by Gasteiger charge is 2.15. The molecule has 0 saturated heterocycles. The molecule has 2 nitrogen and oxygen atoms in total. The zero-order chi connectivity index (χ0) is 15.2. The van der Waals surface area contributed by atoms with E-state index in [1.165, 1.54) is 12.1 Å². The van der Waals surface area contributed by atoms with Gasteiger partial charge in [0.25, 0.3) is 0 Å². The van der Waals surface area contributed by atoms with Crippen LogP contribution in [0.15, 0.2) is 23.6 Å². The lowest BCUT2D eigenvalue weighted by Gasteiger charge is -2.18. The molecule has 0 saturated carbocycles. The molecule has 0 amide bonds. The number of thiazole rings is 1. The molecule has 1 heterocycles. The van der Waals surface area contributed by atoms with Crippen LogP contribution in [0.3, 0.4) is 0 Å². The van der Waals surface area contributed by atoms with Crippen molar-refractivity contribution in [2.75, 3.05) is 6.54 Å². The van der Waals surface area contributed by atoms with Crippen molar-refractivity contribution in [2.24, 2.45) is 0 Å². The Balaban J connectivity index is 2.09. The largest absolute Gasteiger partial charge is 0.313 e. The smallest absolute Gasteiger partial charge is 0.126 e. The van der Waals surface area contributed by atoms with E-state index < -0.39 is 5.82 Å². The van der Waals surface area contributed by atoms with Crippen LogP contribution in [0.5, 0.6) is 0 Å². The zero-order valence-electron chi connectivity index (χ0n) is 12.3. The Morgan fingerprint density at radius 3 is 2.76 bits per heavy atom. The van der Waals surface area contributed by atoms with Gasteiger partial charge in [-0.1, -0.05) is 6.92 Å². The molecular formula is C16H20F2N2S. The normalized spacial score (nSPS) is 12.6. The Kier molecular flexibility index (Phi) is 5.82. The first-order valence-electron chi connectivity index (χ1n) is 7.16. The van der Waals surface area contributed by atoms with Crippen molar-refractivity contribution in [1.82, 2.24) is 10.3 Å². The number of nitrogens with zero attached hydrogens (tertiary/aromatic N) is 1. The van der Waals surface area contributed by atoms with E-state index in [1.807, 2.05) is 12.3 Å². The third-order valence-corrected chi connectivity index (χ3v) is 4.23. The molecule has 1 unspecified atom stereocenters. The molecular weight excluding hydrogens is 290 g/mol.